The van der Waals surface area contributed by atoms with Gasteiger partial charge in [-0.1, -0.05) is 34.1 Å². The lowest BCUT2D eigenvalue weighted by Gasteiger charge is -2.26. The average Bonchev–Trinajstić information content (AvgIpc) is 2.73. The second-order valence-electron chi connectivity index (χ2n) is 8.54. The molecular weight excluding hydrogens is 434 g/mol. The van der Waals surface area contributed by atoms with E-state index >= 15 is 0 Å². The molecule has 0 bridgehead atoms. The van der Waals surface area contributed by atoms with Crippen LogP contribution in [0, 0.1) is 11.8 Å². The molecule has 0 saturated carbocycles. The van der Waals surface area contributed by atoms with Gasteiger partial charge < -0.3 is 32.5 Å². The zero-order valence-electron chi connectivity index (χ0n) is 19.6. The Hall–Kier alpha value is -1.85. The van der Waals surface area contributed by atoms with Crippen LogP contribution >= 0.6 is 12.6 Å². The summed E-state index contributed by atoms with van der Waals surface area (Å²) in [5.74, 6) is -2.92. The van der Waals surface area contributed by atoms with Crippen molar-refractivity contribution >= 4 is 36.3 Å². The molecular formula is C21H41N5O5S. The van der Waals surface area contributed by atoms with Crippen molar-refractivity contribution in [2.75, 3.05) is 12.3 Å². The molecule has 10 nitrogen and oxygen atoms in total. The van der Waals surface area contributed by atoms with Gasteiger partial charge in [-0.2, -0.15) is 12.6 Å². The molecule has 186 valence electrons. The summed E-state index contributed by atoms with van der Waals surface area (Å²) in [6.45, 7) is 7.87. The third-order valence-corrected chi connectivity index (χ3v) is 5.60. The molecule has 0 aromatic rings. The van der Waals surface area contributed by atoms with Gasteiger partial charge in [0.2, 0.25) is 17.7 Å². The van der Waals surface area contributed by atoms with Gasteiger partial charge in [-0.3, -0.25) is 14.4 Å². The first-order valence-corrected chi connectivity index (χ1v) is 11.8. The molecule has 0 saturated heterocycles. The van der Waals surface area contributed by atoms with Gasteiger partial charge in [-0.25, -0.2) is 4.79 Å². The minimum Gasteiger partial charge on any atom is -0.480 e. The van der Waals surface area contributed by atoms with Crippen LogP contribution in [0.5, 0.6) is 0 Å². The fraction of sp³-hybridized carbons (Fsp3) is 0.810. The highest BCUT2D eigenvalue weighted by Gasteiger charge is 2.31. The Balaban J connectivity index is 5.28. The molecule has 5 atom stereocenters. The van der Waals surface area contributed by atoms with E-state index < -0.39 is 47.9 Å². The molecule has 0 rings (SSSR count). The molecule has 0 aromatic heterocycles. The minimum absolute atomic E-state index is 0.0409. The van der Waals surface area contributed by atoms with Crippen LogP contribution in [0.2, 0.25) is 0 Å². The van der Waals surface area contributed by atoms with Crippen molar-refractivity contribution < 1.29 is 24.3 Å². The van der Waals surface area contributed by atoms with E-state index in [1.165, 1.54) is 0 Å². The normalized spacial score (nSPS) is 15.9. The van der Waals surface area contributed by atoms with E-state index in [1.807, 2.05) is 20.8 Å². The van der Waals surface area contributed by atoms with Gasteiger partial charge in [0.25, 0.3) is 0 Å². The second-order valence-corrected chi connectivity index (χ2v) is 8.90. The highest BCUT2D eigenvalue weighted by molar-refractivity contribution is 7.80. The van der Waals surface area contributed by atoms with Crippen molar-refractivity contribution in [2.24, 2.45) is 23.3 Å². The number of aliphatic carboxylic acids is 1. The molecule has 32 heavy (non-hydrogen) atoms. The molecule has 11 heteroatoms. The van der Waals surface area contributed by atoms with Crippen molar-refractivity contribution in [2.45, 2.75) is 84.0 Å². The topological polar surface area (TPSA) is 177 Å². The fourth-order valence-corrected chi connectivity index (χ4v) is 3.32. The van der Waals surface area contributed by atoms with Gasteiger partial charge in [0.05, 0.1) is 6.04 Å². The van der Waals surface area contributed by atoms with Gasteiger partial charge in [0.1, 0.15) is 18.1 Å². The van der Waals surface area contributed by atoms with E-state index in [-0.39, 0.29) is 17.6 Å². The summed E-state index contributed by atoms with van der Waals surface area (Å²) < 4.78 is 0. The number of carbonyl (C=O) groups is 4. The molecule has 0 spiro atoms. The van der Waals surface area contributed by atoms with E-state index in [2.05, 4.69) is 28.6 Å². The highest BCUT2D eigenvalue weighted by Crippen LogP contribution is 2.09. The van der Waals surface area contributed by atoms with Crippen LogP contribution in [-0.4, -0.2) is 65.3 Å². The molecule has 3 amide bonds. The molecule has 0 fully saturated rings. The highest BCUT2D eigenvalue weighted by atomic mass is 32.1. The maximum Gasteiger partial charge on any atom is 0.326 e. The SMILES string of the molecule is CCC(C)C(NC(=O)C(CS)NC(=O)C(CCCCN)NC(=O)C(N)CC(C)C)C(=O)O. The number of unbranched alkanes of at least 4 members (excludes halogenated alkanes) is 1. The van der Waals surface area contributed by atoms with Gasteiger partial charge in [-0.05, 0) is 44.1 Å². The van der Waals surface area contributed by atoms with Crippen molar-refractivity contribution in [3.8, 4) is 0 Å². The first-order chi connectivity index (χ1) is 15.0. The smallest absolute Gasteiger partial charge is 0.326 e. The van der Waals surface area contributed by atoms with Crippen LogP contribution in [0.25, 0.3) is 0 Å². The molecule has 0 aliphatic heterocycles. The quantitative estimate of drug-likeness (QED) is 0.121. The fourth-order valence-electron chi connectivity index (χ4n) is 3.06. The first-order valence-electron chi connectivity index (χ1n) is 11.2. The van der Waals surface area contributed by atoms with E-state index in [1.54, 1.807) is 6.92 Å². The molecule has 0 aliphatic rings. The third kappa shape index (κ3) is 11.1. The summed E-state index contributed by atoms with van der Waals surface area (Å²) in [6.07, 6.45) is 2.62. The summed E-state index contributed by atoms with van der Waals surface area (Å²) >= 11 is 4.13. The molecule has 5 unspecified atom stereocenters. The first kappa shape index (κ1) is 30.1. The number of rotatable bonds is 16. The summed E-state index contributed by atoms with van der Waals surface area (Å²) in [5, 5.41) is 17.1. The van der Waals surface area contributed by atoms with Crippen LogP contribution in [0.1, 0.15) is 59.8 Å². The summed E-state index contributed by atoms with van der Waals surface area (Å²) in [5.41, 5.74) is 11.5. The predicted molar refractivity (Wildman–Crippen MR) is 127 cm³/mol. The Morgan fingerprint density at radius 1 is 0.938 bits per heavy atom. The lowest BCUT2D eigenvalue weighted by molar-refractivity contribution is -0.143. The molecule has 0 aromatic carbocycles. The number of carbonyl (C=O) groups excluding carboxylic acids is 3. The lowest BCUT2D eigenvalue weighted by Crippen LogP contribution is -2.58. The van der Waals surface area contributed by atoms with E-state index in [0.29, 0.717) is 38.6 Å². The molecule has 0 aliphatic carbocycles. The van der Waals surface area contributed by atoms with Crippen molar-refractivity contribution in [3.63, 3.8) is 0 Å². The standard InChI is InChI=1S/C21H41N5O5S/c1-5-13(4)17(21(30)31)26-20(29)16(11-32)25-19(28)15(8-6-7-9-22)24-18(27)14(23)10-12(2)3/h12-17,32H,5-11,22-23H2,1-4H3,(H,24,27)(H,25,28)(H,26,29)(H,30,31). The number of hydrogen-bond acceptors (Lipinski definition) is 7. The van der Waals surface area contributed by atoms with Crippen molar-refractivity contribution in [1.29, 1.82) is 0 Å². The zero-order chi connectivity index (χ0) is 24.8. The van der Waals surface area contributed by atoms with Gasteiger partial charge in [-0.15, -0.1) is 0 Å². The Labute approximate surface area is 196 Å². The van der Waals surface area contributed by atoms with Crippen LogP contribution in [0.3, 0.4) is 0 Å². The number of carboxylic acids is 1. The number of nitrogens with one attached hydrogen (secondary N) is 3. The minimum atomic E-state index is -1.15. The number of amides is 3. The Kier molecular flexibility index (Phi) is 15.0. The van der Waals surface area contributed by atoms with Crippen molar-refractivity contribution in [3.05, 3.63) is 0 Å². The number of nitrogens with two attached hydrogens (primary N) is 2. The van der Waals surface area contributed by atoms with E-state index in [0.717, 1.165) is 0 Å². The number of hydrogen-bond donors (Lipinski definition) is 7. The lowest BCUT2D eigenvalue weighted by atomic mass is 9.99. The van der Waals surface area contributed by atoms with Gasteiger partial charge in [0, 0.05) is 5.75 Å². The summed E-state index contributed by atoms with van der Waals surface area (Å²) in [7, 11) is 0. The van der Waals surface area contributed by atoms with Crippen LogP contribution in [-0.2, 0) is 19.2 Å². The van der Waals surface area contributed by atoms with Gasteiger partial charge >= 0.3 is 5.97 Å². The summed E-state index contributed by atoms with van der Waals surface area (Å²) in [4.78, 5) is 49.4. The maximum absolute atomic E-state index is 12.9. The van der Waals surface area contributed by atoms with Gasteiger partial charge in [0.15, 0.2) is 0 Å². The summed E-state index contributed by atoms with van der Waals surface area (Å²) in [6, 6.07) is -3.79. The monoisotopic (exact) mass is 475 g/mol. The van der Waals surface area contributed by atoms with Crippen LogP contribution in [0.4, 0.5) is 0 Å². The Morgan fingerprint density at radius 3 is 1.97 bits per heavy atom. The second kappa shape index (κ2) is 15.9. The zero-order valence-corrected chi connectivity index (χ0v) is 20.5. The van der Waals surface area contributed by atoms with Crippen LogP contribution in [0.15, 0.2) is 0 Å². The third-order valence-electron chi connectivity index (χ3n) is 5.23. The Morgan fingerprint density at radius 2 is 1.50 bits per heavy atom. The maximum atomic E-state index is 12.9. The Bertz CT molecular complexity index is 619. The predicted octanol–water partition coefficient (Wildman–Crippen LogP) is 0.00370. The molecule has 8 N–H and O–H groups in total. The van der Waals surface area contributed by atoms with Crippen molar-refractivity contribution in [1.82, 2.24) is 16.0 Å². The number of carboxylic acid groups (broad SMARTS) is 1. The number of thiol groups is 1. The van der Waals surface area contributed by atoms with E-state index in [9.17, 15) is 24.3 Å². The van der Waals surface area contributed by atoms with E-state index in [4.69, 9.17) is 11.5 Å². The largest absolute Gasteiger partial charge is 0.480 e. The molecule has 0 radical (unpaired) electrons. The average molecular weight is 476 g/mol. The molecule has 0 heterocycles. The van der Waals surface area contributed by atoms with Crippen LogP contribution < -0.4 is 27.4 Å².